The predicted octanol–water partition coefficient (Wildman–Crippen LogP) is 6.85. The van der Waals surface area contributed by atoms with Crippen LogP contribution in [0.5, 0.6) is 5.75 Å². The van der Waals surface area contributed by atoms with Crippen LogP contribution < -0.4 is 4.74 Å². The number of ether oxygens (including phenoxy) is 1. The minimum Gasteiger partial charge on any atom is -0.489 e. The quantitative estimate of drug-likeness (QED) is 0.476. The van der Waals surface area contributed by atoms with E-state index in [1.807, 2.05) is 26.0 Å². The van der Waals surface area contributed by atoms with E-state index in [0.29, 0.717) is 34.8 Å². The highest BCUT2D eigenvalue weighted by molar-refractivity contribution is 6.31. The van der Waals surface area contributed by atoms with E-state index in [4.69, 9.17) is 21.6 Å². The second kappa shape index (κ2) is 8.71. The molecule has 1 heterocycles. The number of rotatable bonds is 6. The Kier molecular flexibility index (Phi) is 6.54. The van der Waals surface area contributed by atoms with Crippen LogP contribution >= 0.6 is 11.6 Å². The normalized spacial score (nSPS) is 23.7. The number of aliphatic imine (C=N–C) groups is 1. The topological polar surface area (TPSA) is 62.4 Å². The van der Waals surface area contributed by atoms with Crippen LogP contribution in [-0.2, 0) is 4.79 Å². The van der Waals surface area contributed by atoms with Crippen LogP contribution in [0.15, 0.2) is 58.8 Å². The first kappa shape index (κ1) is 24.0. The van der Waals surface area contributed by atoms with Crippen molar-refractivity contribution in [2.45, 2.75) is 60.5 Å². The minimum absolute atomic E-state index is 0.0842. The summed E-state index contributed by atoms with van der Waals surface area (Å²) in [5.74, 6) is 0.839. The summed E-state index contributed by atoms with van der Waals surface area (Å²) in [6.45, 7) is 16.7. The van der Waals surface area contributed by atoms with Gasteiger partial charge in [-0.15, -0.1) is 0 Å². The molecule has 0 aromatic heterocycles. The van der Waals surface area contributed by atoms with Gasteiger partial charge in [0.1, 0.15) is 17.9 Å². The Labute approximate surface area is 196 Å². The molecule has 1 fully saturated rings. The van der Waals surface area contributed by atoms with Crippen LogP contribution in [0, 0.1) is 28.1 Å². The summed E-state index contributed by atoms with van der Waals surface area (Å²) in [5.41, 5.74) is 3.02. The number of ketones is 1. The average molecular weight is 451 g/mol. The maximum atomic E-state index is 13.5. The molecule has 0 radical (unpaired) electrons. The molecule has 1 aliphatic carbocycles. The minimum atomic E-state index is -0.229. The number of halogens is 1. The largest absolute Gasteiger partial charge is 0.489 e. The third-order valence-corrected chi connectivity index (χ3v) is 7.23. The standard InChI is InChI=1S/C27H31ClN2O2/c1-8-21-24(16(2)9-10-17(3)30-21)22(31)14-23-26(4,5)25(27(23,6)7)32-19-12-11-18(15-29)20(28)13-19/h9-13,23,25H,2,8,14H2,1,3-7H3/t23-,25-. The van der Waals surface area contributed by atoms with Crippen LogP contribution in [0.2, 0.25) is 5.02 Å². The number of nitriles is 1. The summed E-state index contributed by atoms with van der Waals surface area (Å²) in [6, 6.07) is 7.19. The average Bonchev–Trinajstić information content (AvgIpc) is 2.87. The third-order valence-electron chi connectivity index (χ3n) is 6.91. The fourth-order valence-corrected chi connectivity index (χ4v) is 5.70. The summed E-state index contributed by atoms with van der Waals surface area (Å²) in [4.78, 5) is 18.1. The molecule has 0 saturated heterocycles. The van der Waals surface area contributed by atoms with Crippen molar-refractivity contribution in [1.82, 2.24) is 0 Å². The summed E-state index contributed by atoms with van der Waals surface area (Å²) in [5, 5.41) is 9.48. The van der Waals surface area contributed by atoms with Crippen molar-refractivity contribution in [1.29, 1.82) is 5.26 Å². The smallest absolute Gasteiger partial charge is 0.165 e. The molecule has 1 aromatic rings. The summed E-state index contributed by atoms with van der Waals surface area (Å²) < 4.78 is 6.35. The molecule has 1 aliphatic heterocycles. The molecule has 0 spiro atoms. The molecule has 0 atom stereocenters. The molecule has 0 N–H and O–H groups in total. The van der Waals surface area contributed by atoms with Crippen LogP contribution in [0.4, 0.5) is 0 Å². The number of carbonyl (C=O) groups is 1. The lowest BCUT2D eigenvalue weighted by molar-refractivity contribution is -0.200. The monoisotopic (exact) mass is 450 g/mol. The van der Waals surface area contributed by atoms with Crippen LogP contribution in [0.25, 0.3) is 0 Å². The van der Waals surface area contributed by atoms with E-state index in [-0.39, 0.29) is 28.6 Å². The van der Waals surface area contributed by atoms with E-state index in [1.54, 1.807) is 18.2 Å². The lowest BCUT2D eigenvalue weighted by atomic mass is 9.44. The fraction of sp³-hybridized carbons (Fsp3) is 0.444. The predicted molar refractivity (Wildman–Crippen MR) is 130 cm³/mol. The van der Waals surface area contributed by atoms with Crippen molar-refractivity contribution >= 4 is 23.1 Å². The summed E-state index contributed by atoms with van der Waals surface area (Å²) in [6.07, 6.45) is 4.78. The Bertz CT molecular complexity index is 1080. The van der Waals surface area contributed by atoms with E-state index in [2.05, 4.69) is 45.3 Å². The second-order valence-electron chi connectivity index (χ2n) is 9.86. The van der Waals surface area contributed by atoms with Crippen molar-refractivity contribution in [2.24, 2.45) is 21.7 Å². The van der Waals surface area contributed by atoms with Crippen LogP contribution in [-0.4, -0.2) is 17.6 Å². The lowest BCUT2D eigenvalue weighted by Gasteiger charge is -2.63. The molecule has 32 heavy (non-hydrogen) atoms. The van der Waals surface area contributed by atoms with Gasteiger partial charge in [0.25, 0.3) is 0 Å². The molecular formula is C27H31ClN2O2. The zero-order valence-corrected chi connectivity index (χ0v) is 20.5. The van der Waals surface area contributed by atoms with E-state index in [1.165, 1.54) is 0 Å². The van der Waals surface area contributed by atoms with Crippen molar-refractivity contribution in [2.75, 3.05) is 0 Å². The second-order valence-corrected chi connectivity index (χ2v) is 10.3. The first-order valence-corrected chi connectivity index (χ1v) is 11.4. The molecule has 2 aliphatic rings. The van der Waals surface area contributed by atoms with E-state index >= 15 is 0 Å². The molecule has 0 amide bonds. The zero-order valence-electron chi connectivity index (χ0n) is 19.8. The molecule has 168 valence electrons. The maximum absolute atomic E-state index is 13.5. The third kappa shape index (κ3) is 4.19. The molecule has 0 unspecified atom stereocenters. The number of nitrogens with zero attached hydrogens (tertiary/aromatic N) is 2. The fourth-order valence-electron chi connectivity index (χ4n) is 5.49. The van der Waals surface area contributed by atoms with Crippen molar-refractivity contribution in [3.05, 3.63) is 64.4 Å². The Morgan fingerprint density at radius 1 is 1.25 bits per heavy atom. The van der Waals surface area contributed by atoms with Gasteiger partial charge in [-0.3, -0.25) is 9.79 Å². The first-order valence-electron chi connectivity index (χ1n) is 11.0. The molecule has 3 rings (SSSR count). The van der Waals surface area contributed by atoms with Gasteiger partial charge in [0.2, 0.25) is 0 Å². The van der Waals surface area contributed by atoms with Gasteiger partial charge in [-0.05, 0) is 43.0 Å². The highest BCUT2D eigenvalue weighted by Crippen LogP contribution is 2.62. The van der Waals surface area contributed by atoms with E-state index in [9.17, 15) is 4.79 Å². The van der Waals surface area contributed by atoms with E-state index < -0.39 is 0 Å². The Morgan fingerprint density at radius 3 is 2.47 bits per heavy atom. The molecule has 4 nitrogen and oxygen atoms in total. The van der Waals surface area contributed by atoms with Crippen molar-refractivity contribution < 1.29 is 9.53 Å². The molecular weight excluding hydrogens is 420 g/mol. The SMILES string of the molecule is C=C1C=CC(C)=NC(CC)=C1C(=O)C[C@H]1C(C)(C)[C@H](Oc2ccc(C#N)c(Cl)c2)C1(C)C. The van der Waals surface area contributed by atoms with Crippen LogP contribution in [0.3, 0.4) is 0 Å². The molecule has 1 aromatic carbocycles. The van der Waals surface area contributed by atoms with Gasteiger partial charge in [0.05, 0.1) is 16.3 Å². The Morgan fingerprint density at radius 2 is 1.91 bits per heavy atom. The maximum Gasteiger partial charge on any atom is 0.165 e. The van der Waals surface area contributed by atoms with Crippen molar-refractivity contribution in [3.8, 4) is 11.8 Å². The number of Topliss-reactive ketones (excluding diaryl/α,β-unsaturated/α-hetero) is 1. The van der Waals surface area contributed by atoms with Gasteiger partial charge in [0.15, 0.2) is 5.78 Å². The Hall–Kier alpha value is -2.64. The van der Waals surface area contributed by atoms with Gasteiger partial charge in [-0.25, -0.2) is 0 Å². The summed E-state index contributed by atoms with van der Waals surface area (Å²) >= 11 is 6.19. The number of allylic oxidation sites excluding steroid dienone is 5. The van der Waals surface area contributed by atoms with Gasteiger partial charge >= 0.3 is 0 Å². The van der Waals surface area contributed by atoms with Gasteiger partial charge in [-0.1, -0.05) is 58.9 Å². The van der Waals surface area contributed by atoms with Crippen LogP contribution in [0.1, 0.15) is 59.9 Å². The summed E-state index contributed by atoms with van der Waals surface area (Å²) in [7, 11) is 0. The number of hydrogen-bond donors (Lipinski definition) is 0. The Balaban J connectivity index is 1.84. The van der Waals surface area contributed by atoms with Gasteiger partial charge < -0.3 is 4.74 Å². The molecule has 1 saturated carbocycles. The lowest BCUT2D eigenvalue weighted by Crippen LogP contribution is -2.66. The zero-order chi connectivity index (χ0) is 23.8. The van der Waals surface area contributed by atoms with Gasteiger partial charge in [0, 0.05) is 34.6 Å². The highest BCUT2D eigenvalue weighted by Gasteiger charge is 2.63. The molecule has 0 bridgehead atoms. The molecule has 5 heteroatoms. The van der Waals surface area contributed by atoms with E-state index in [0.717, 1.165) is 17.0 Å². The van der Waals surface area contributed by atoms with Crippen molar-refractivity contribution in [3.63, 3.8) is 0 Å². The first-order chi connectivity index (χ1) is 14.9. The number of benzene rings is 1. The number of hydrogen-bond acceptors (Lipinski definition) is 4. The number of carbonyl (C=O) groups excluding carboxylic acids is 1. The van der Waals surface area contributed by atoms with Gasteiger partial charge in [-0.2, -0.15) is 5.26 Å². The highest BCUT2D eigenvalue weighted by atomic mass is 35.5.